The third-order valence-corrected chi connectivity index (χ3v) is 4.58. The molecule has 0 radical (unpaired) electrons. The van der Waals surface area contributed by atoms with E-state index in [1.165, 1.54) is 0 Å². The number of halogens is 1. The lowest BCUT2D eigenvalue weighted by Crippen LogP contribution is -2.16. The van der Waals surface area contributed by atoms with Crippen molar-refractivity contribution in [2.75, 3.05) is 23.0 Å². The lowest BCUT2D eigenvalue weighted by molar-refractivity contribution is 0.0520. The van der Waals surface area contributed by atoms with Gasteiger partial charge in [0, 0.05) is 22.5 Å². The highest BCUT2D eigenvalue weighted by atomic mass is 35.5. The second-order valence-corrected chi connectivity index (χ2v) is 6.89. The van der Waals surface area contributed by atoms with Crippen molar-refractivity contribution in [3.05, 3.63) is 30.0 Å². The fourth-order valence-electron chi connectivity index (χ4n) is 1.99. The summed E-state index contributed by atoms with van der Waals surface area (Å²) in [5.74, 6) is -0.181. The molecule has 0 saturated carbocycles. The van der Waals surface area contributed by atoms with E-state index in [4.69, 9.17) is 16.3 Å². The molecular weight excluding hydrogens is 328 g/mol. The normalized spacial score (nSPS) is 11.5. The van der Waals surface area contributed by atoms with Crippen LogP contribution in [0.15, 0.2) is 24.3 Å². The Morgan fingerprint density at radius 3 is 2.82 bits per heavy atom. The van der Waals surface area contributed by atoms with Gasteiger partial charge in [0.15, 0.2) is 0 Å². The monoisotopic (exact) mass is 344 g/mol. The second kappa shape index (κ2) is 7.02. The Hall–Kier alpha value is -1.73. The summed E-state index contributed by atoms with van der Waals surface area (Å²) < 4.78 is 31.1. The molecule has 0 spiro atoms. The van der Waals surface area contributed by atoms with Gasteiger partial charge in [0.05, 0.1) is 12.4 Å². The number of fused-ring (bicyclic) bond motifs is 1. The van der Waals surface area contributed by atoms with E-state index in [0.29, 0.717) is 30.3 Å². The number of aromatic amines is 1. The molecule has 0 atom stereocenters. The molecule has 0 aliphatic rings. The van der Waals surface area contributed by atoms with Crippen molar-refractivity contribution in [2.45, 2.75) is 13.3 Å². The van der Waals surface area contributed by atoms with Gasteiger partial charge in [-0.05, 0) is 37.6 Å². The summed E-state index contributed by atoms with van der Waals surface area (Å²) in [4.78, 5) is 14.6. The first-order valence-corrected chi connectivity index (χ1v) is 9.00. The number of anilines is 1. The molecule has 0 saturated heterocycles. The number of alkyl halides is 1. The van der Waals surface area contributed by atoms with E-state index in [1.54, 1.807) is 31.2 Å². The number of carbonyl (C=O) groups excluding carboxylic acids is 1. The van der Waals surface area contributed by atoms with Gasteiger partial charge in [0.2, 0.25) is 10.0 Å². The van der Waals surface area contributed by atoms with Crippen molar-refractivity contribution in [2.24, 2.45) is 0 Å². The zero-order chi connectivity index (χ0) is 16.2. The summed E-state index contributed by atoms with van der Waals surface area (Å²) in [6.07, 6.45) is 0.385. The molecule has 0 bridgehead atoms. The van der Waals surface area contributed by atoms with Crippen LogP contribution in [0.25, 0.3) is 10.9 Å². The first-order valence-electron chi connectivity index (χ1n) is 6.81. The minimum atomic E-state index is -3.42. The van der Waals surface area contributed by atoms with Crippen molar-refractivity contribution in [1.82, 2.24) is 4.98 Å². The fourth-order valence-corrected chi connectivity index (χ4v) is 3.39. The maximum absolute atomic E-state index is 11.8. The minimum absolute atomic E-state index is 0.0320. The standard InChI is InChI=1S/C14H17ClN2O4S/c1-2-21-14(18)13-9-10-8-11(4-5-12(10)16-13)17-22(19,20)7-3-6-15/h4-5,8-9,16-17H,2-3,6-7H2,1H3. The fraction of sp³-hybridized carbons (Fsp3) is 0.357. The molecule has 1 aromatic carbocycles. The van der Waals surface area contributed by atoms with E-state index in [0.717, 1.165) is 10.9 Å². The lowest BCUT2D eigenvalue weighted by atomic mass is 10.2. The van der Waals surface area contributed by atoms with Gasteiger partial charge in [0.1, 0.15) is 5.69 Å². The van der Waals surface area contributed by atoms with Crippen LogP contribution in [0.5, 0.6) is 0 Å². The molecule has 2 rings (SSSR count). The predicted molar refractivity (Wildman–Crippen MR) is 87.0 cm³/mol. The largest absolute Gasteiger partial charge is 0.461 e. The first-order chi connectivity index (χ1) is 10.4. The van der Waals surface area contributed by atoms with E-state index >= 15 is 0 Å². The van der Waals surface area contributed by atoms with E-state index in [-0.39, 0.29) is 5.75 Å². The number of carbonyl (C=O) groups is 1. The number of H-pyrrole nitrogens is 1. The molecule has 1 heterocycles. The molecule has 22 heavy (non-hydrogen) atoms. The van der Waals surface area contributed by atoms with Crippen LogP contribution in [-0.2, 0) is 14.8 Å². The van der Waals surface area contributed by atoms with Gasteiger partial charge < -0.3 is 9.72 Å². The third kappa shape index (κ3) is 4.14. The van der Waals surface area contributed by atoms with E-state index in [1.807, 2.05) is 0 Å². The molecule has 8 heteroatoms. The smallest absolute Gasteiger partial charge is 0.354 e. The van der Waals surface area contributed by atoms with Gasteiger partial charge in [-0.25, -0.2) is 13.2 Å². The van der Waals surface area contributed by atoms with Crippen LogP contribution >= 0.6 is 11.6 Å². The lowest BCUT2D eigenvalue weighted by Gasteiger charge is -2.07. The molecule has 0 amide bonds. The van der Waals surface area contributed by atoms with Crippen LogP contribution in [-0.4, -0.2) is 37.6 Å². The van der Waals surface area contributed by atoms with Gasteiger partial charge in [-0.3, -0.25) is 4.72 Å². The summed E-state index contributed by atoms with van der Waals surface area (Å²) >= 11 is 5.51. The number of benzene rings is 1. The number of rotatable bonds is 7. The van der Waals surface area contributed by atoms with Gasteiger partial charge in [-0.1, -0.05) is 0 Å². The Morgan fingerprint density at radius 2 is 2.14 bits per heavy atom. The van der Waals surface area contributed by atoms with E-state index in [9.17, 15) is 13.2 Å². The molecule has 2 N–H and O–H groups in total. The molecule has 1 aromatic heterocycles. The highest BCUT2D eigenvalue weighted by Crippen LogP contribution is 2.21. The number of hydrogen-bond donors (Lipinski definition) is 2. The maximum atomic E-state index is 11.8. The second-order valence-electron chi connectivity index (χ2n) is 4.67. The highest BCUT2D eigenvalue weighted by Gasteiger charge is 2.13. The van der Waals surface area contributed by atoms with Crippen molar-refractivity contribution >= 4 is 44.2 Å². The number of ether oxygens (including phenoxy) is 1. The molecule has 120 valence electrons. The summed E-state index contributed by atoms with van der Waals surface area (Å²) in [6.45, 7) is 2.02. The van der Waals surface area contributed by atoms with Crippen molar-refractivity contribution in [3.8, 4) is 0 Å². The Morgan fingerprint density at radius 1 is 1.36 bits per heavy atom. The van der Waals surface area contributed by atoms with Crippen LogP contribution in [0.2, 0.25) is 0 Å². The Bertz CT molecular complexity index is 770. The summed E-state index contributed by atoms with van der Waals surface area (Å²) in [5.41, 5.74) is 1.50. The Labute approximate surface area is 133 Å². The van der Waals surface area contributed by atoms with Crippen LogP contribution in [0.3, 0.4) is 0 Å². The van der Waals surface area contributed by atoms with Gasteiger partial charge in [-0.2, -0.15) is 0 Å². The molecule has 0 fully saturated rings. The molecule has 0 aliphatic carbocycles. The van der Waals surface area contributed by atoms with Gasteiger partial charge in [-0.15, -0.1) is 11.6 Å². The number of hydrogen-bond acceptors (Lipinski definition) is 4. The summed E-state index contributed by atoms with van der Waals surface area (Å²) in [6, 6.07) is 6.63. The first kappa shape index (κ1) is 16.6. The third-order valence-electron chi connectivity index (χ3n) is 2.94. The zero-order valence-electron chi connectivity index (χ0n) is 12.1. The molecular formula is C14H17ClN2O4S. The average molecular weight is 345 g/mol. The van der Waals surface area contributed by atoms with Gasteiger partial charge >= 0.3 is 5.97 Å². The average Bonchev–Trinajstić information content (AvgIpc) is 2.88. The zero-order valence-corrected chi connectivity index (χ0v) is 13.6. The SMILES string of the molecule is CCOC(=O)c1cc2cc(NS(=O)(=O)CCCCl)ccc2[nH]1. The predicted octanol–water partition coefficient (Wildman–Crippen LogP) is 2.72. The van der Waals surface area contributed by atoms with Crippen molar-refractivity contribution < 1.29 is 17.9 Å². The van der Waals surface area contributed by atoms with Crippen LogP contribution in [0.4, 0.5) is 5.69 Å². The van der Waals surface area contributed by atoms with Crippen LogP contribution < -0.4 is 4.72 Å². The Balaban J connectivity index is 2.22. The van der Waals surface area contributed by atoms with Crippen molar-refractivity contribution in [3.63, 3.8) is 0 Å². The molecule has 2 aromatic rings. The maximum Gasteiger partial charge on any atom is 0.354 e. The Kier molecular flexibility index (Phi) is 5.31. The number of sulfonamides is 1. The van der Waals surface area contributed by atoms with E-state index in [2.05, 4.69) is 9.71 Å². The van der Waals surface area contributed by atoms with E-state index < -0.39 is 16.0 Å². The topological polar surface area (TPSA) is 88.3 Å². The van der Waals surface area contributed by atoms with Crippen molar-refractivity contribution in [1.29, 1.82) is 0 Å². The summed E-state index contributed by atoms with van der Waals surface area (Å²) in [7, 11) is -3.42. The highest BCUT2D eigenvalue weighted by molar-refractivity contribution is 7.92. The van der Waals surface area contributed by atoms with Crippen LogP contribution in [0, 0.1) is 0 Å². The quantitative estimate of drug-likeness (QED) is 0.597. The molecule has 0 unspecified atom stereocenters. The molecule has 0 aliphatic heterocycles. The number of esters is 1. The number of nitrogens with one attached hydrogen (secondary N) is 2. The minimum Gasteiger partial charge on any atom is -0.461 e. The van der Waals surface area contributed by atoms with Gasteiger partial charge in [0.25, 0.3) is 0 Å². The van der Waals surface area contributed by atoms with Crippen LogP contribution in [0.1, 0.15) is 23.8 Å². The number of aromatic nitrogens is 1. The summed E-state index contributed by atoms with van der Waals surface area (Å²) in [5, 5.41) is 0.723. The molecule has 6 nitrogen and oxygen atoms in total.